The Morgan fingerprint density at radius 1 is 1.56 bits per heavy atom. The maximum Gasteiger partial charge on any atom is 0.224 e. The summed E-state index contributed by atoms with van der Waals surface area (Å²) in [6.45, 7) is 3.96. The van der Waals surface area contributed by atoms with Crippen molar-refractivity contribution in [1.82, 2.24) is 5.32 Å². The molecule has 0 saturated carbocycles. The van der Waals surface area contributed by atoms with Gasteiger partial charge in [0.05, 0.1) is 0 Å². The zero-order valence-corrected chi connectivity index (χ0v) is 11.4. The molecule has 1 aliphatic heterocycles. The number of anilines is 1. The van der Waals surface area contributed by atoms with Gasteiger partial charge in [0.25, 0.3) is 0 Å². The molecule has 0 bridgehead atoms. The highest BCUT2D eigenvalue weighted by molar-refractivity contribution is 14.1. The molecule has 1 heterocycles. The van der Waals surface area contributed by atoms with Gasteiger partial charge in [0.2, 0.25) is 5.91 Å². The molecule has 0 unspecified atom stereocenters. The number of rotatable bonds is 3. The second kappa shape index (κ2) is 5.14. The number of carbonyl (C=O) groups is 1. The summed E-state index contributed by atoms with van der Waals surface area (Å²) in [5.41, 5.74) is 2.05. The van der Waals surface area contributed by atoms with Crippen LogP contribution >= 0.6 is 22.6 Å². The Hall–Kier alpha value is -0.620. The van der Waals surface area contributed by atoms with Crippen molar-refractivity contribution in [2.24, 2.45) is 5.92 Å². The Morgan fingerprint density at radius 2 is 2.31 bits per heavy atom. The van der Waals surface area contributed by atoms with Crippen LogP contribution in [0.4, 0.5) is 5.69 Å². The van der Waals surface area contributed by atoms with Gasteiger partial charge in [0.15, 0.2) is 0 Å². The fourth-order valence-corrected chi connectivity index (χ4v) is 2.37. The number of nitrogens with one attached hydrogen (secondary N) is 2. The van der Waals surface area contributed by atoms with E-state index in [0.29, 0.717) is 12.3 Å². The van der Waals surface area contributed by atoms with Gasteiger partial charge >= 0.3 is 0 Å². The zero-order chi connectivity index (χ0) is 11.5. The molecule has 1 aromatic carbocycles. The first kappa shape index (κ1) is 11.9. The number of benzene rings is 1. The Morgan fingerprint density at radius 3 is 2.88 bits per heavy atom. The largest absolute Gasteiger partial charge is 0.326 e. The SMILES string of the molecule is Cc1cc(I)ccc1NC(=O)CC1CNC1. The highest BCUT2D eigenvalue weighted by atomic mass is 127. The van der Waals surface area contributed by atoms with E-state index in [0.717, 1.165) is 24.3 Å². The molecule has 0 atom stereocenters. The number of hydrogen-bond acceptors (Lipinski definition) is 2. The lowest BCUT2D eigenvalue weighted by Crippen LogP contribution is -2.43. The van der Waals surface area contributed by atoms with Crippen molar-refractivity contribution < 1.29 is 4.79 Å². The van der Waals surface area contributed by atoms with Gasteiger partial charge in [-0.15, -0.1) is 0 Å². The van der Waals surface area contributed by atoms with Crippen LogP contribution in [0.3, 0.4) is 0 Å². The standard InChI is InChI=1S/C12H15IN2O/c1-8-4-10(13)2-3-11(8)15-12(16)5-9-6-14-7-9/h2-4,9,14H,5-7H2,1H3,(H,15,16). The topological polar surface area (TPSA) is 41.1 Å². The first-order valence-electron chi connectivity index (χ1n) is 5.42. The number of amides is 1. The van der Waals surface area contributed by atoms with E-state index in [1.165, 1.54) is 3.57 Å². The summed E-state index contributed by atoms with van der Waals surface area (Å²) >= 11 is 2.27. The molecule has 1 aliphatic rings. The van der Waals surface area contributed by atoms with E-state index >= 15 is 0 Å². The number of halogens is 1. The van der Waals surface area contributed by atoms with Gasteiger partial charge < -0.3 is 10.6 Å². The molecule has 1 amide bonds. The summed E-state index contributed by atoms with van der Waals surface area (Å²) in [4.78, 5) is 11.7. The molecule has 0 aromatic heterocycles. The molecule has 16 heavy (non-hydrogen) atoms. The molecular weight excluding hydrogens is 315 g/mol. The lowest BCUT2D eigenvalue weighted by Gasteiger charge is -2.26. The van der Waals surface area contributed by atoms with E-state index in [2.05, 4.69) is 39.3 Å². The molecule has 86 valence electrons. The fraction of sp³-hybridized carbons (Fsp3) is 0.417. The second-order valence-electron chi connectivity index (χ2n) is 4.24. The molecule has 3 nitrogen and oxygen atoms in total. The predicted octanol–water partition coefficient (Wildman–Crippen LogP) is 2.15. The minimum Gasteiger partial charge on any atom is -0.326 e. The number of hydrogen-bond donors (Lipinski definition) is 2. The summed E-state index contributed by atoms with van der Waals surface area (Å²) in [5.74, 6) is 0.639. The van der Waals surface area contributed by atoms with Crippen molar-refractivity contribution >= 4 is 34.2 Å². The highest BCUT2D eigenvalue weighted by Crippen LogP contribution is 2.18. The molecule has 2 N–H and O–H groups in total. The van der Waals surface area contributed by atoms with Gasteiger partial charge in [-0.05, 0) is 72.3 Å². The first-order valence-corrected chi connectivity index (χ1v) is 6.50. The van der Waals surface area contributed by atoms with Crippen LogP contribution in [0, 0.1) is 16.4 Å². The molecule has 1 aromatic rings. The van der Waals surface area contributed by atoms with Crippen LogP contribution in [0.5, 0.6) is 0 Å². The molecule has 4 heteroatoms. The Balaban J connectivity index is 1.94. The fourth-order valence-electron chi connectivity index (χ4n) is 1.72. The van der Waals surface area contributed by atoms with Crippen molar-refractivity contribution in [2.45, 2.75) is 13.3 Å². The van der Waals surface area contributed by atoms with Crippen LogP contribution in [-0.2, 0) is 4.79 Å². The average Bonchev–Trinajstić information content (AvgIpc) is 2.16. The third kappa shape index (κ3) is 2.95. The van der Waals surface area contributed by atoms with Gasteiger partial charge in [-0.1, -0.05) is 0 Å². The quantitative estimate of drug-likeness (QED) is 0.834. The van der Waals surface area contributed by atoms with E-state index in [9.17, 15) is 4.79 Å². The maximum absolute atomic E-state index is 11.7. The average molecular weight is 330 g/mol. The molecule has 0 radical (unpaired) electrons. The van der Waals surface area contributed by atoms with E-state index in [-0.39, 0.29) is 5.91 Å². The van der Waals surface area contributed by atoms with Crippen LogP contribution < -0.4 is 10.6 Å². The Labute approximate surface area is 109 Å². The minimum absolute atomic E-state index is 0.121. The summed E-state index contributed by atoms with van der Waals surface area (Å²) in [5, 5.41) is 6.13. The van der Waals surface area contributed by atoms with Crippen LogP contribution in [-0.4, -0.2) is 19.0 Å². The third-order valence-corrected chi connectivity index (χ3v) is 3.47. The van der Waals surface area contributed by atoms with E-state index in [1.54, 1.807) is 0 Å². The van der Waals surface area contributed by atoms with Gasteiger partial charge in [-0.3, -0.25) is 4.79 Å². The molecule has 2 rings (SSSR count). The Bertz CT molecular complexity index is 402. The van der Waals surface area contributed by atoms with Gasteiger partial charge in [0.1, 0.15) is 0 Å². The van der Waals surface area contributed by atoms with Crippen molar-refractivity contribution in [3.63, 3.8) is 0 Å². The lowest BCUT2D eigenvalue weighted by atomic mass is 9.99. The summed E-state index contributed by atoms with van der Waals surface area (Å²) in [6, 6.07) is 6.04. The highest BCUT2D eigenvalue weighted by Gasteiger charge is 2.20. The molecule has 0 aliphatic carbocycles. The molecule has 0 spiro atoms. The maximum atomic E-state index is 11.7. The van der Waals surface area contributed by atoms with Gasteiger partial charge in [-0.25, -0.2) is 0 Å². The lowest BCUT2D eigenvalue weighted by molar-refractivity contribution is -0.117. The van der Waals surface area contributed by atoms with E-state index in [1.807, 2.05) is 19.1 Å². The second-order valence-corrected chi connectivity index (χ2v) is 5.48. The van der Waals surface area contributed by atoms with E-state index in [4.69, 9.17) is 0 Å². The van der Waals surface area contributed by atoms with Crippen molar-refractivity contribution in [3.8, 4) is 0 Å². The third-order valence-electron chi connectivity index (χ3n) is 2.80. The van der Waals surface area contributed by atoms with Crippen molar-refractivity contribution in [2.75, 3.05) is 18.4 Å². The zero-order valence-electron chi connectivity index (χ0n) is 9.22. The summed E-state index contributed by atoms with van der Waals surface area (Å²) in [7, 11) is 0. The predicted molar refractivity (Wildman–Crippen MR) is 73.5 cm³/mol. The van der Waals surface area contributed by atoms with E-state index < -0.39 is 0 Å². The van der Waals surface area contributed by atoms with Crippen molar-refractivity contribution in [1.29, 1.82) is 0 Å². The summed E-state index contributed by atoms with van der Waals surface area (Å²) < 4.78 is 1.19. The molecule has 1 fully saturated rings. The first-order chi connectivity index (χ1) is 7.65. The Kier molecular flexibility index (Phi) is 3.81. The van der Waals surface area contributed by atoms with Gasteiger partial charge in [-0.2, -0.15) is 0 Å². The van der Waals surface area contributed by atoms with Crippen LogP contribution in [0.2, 0.25) is 0 Å². The number of carbonyl (C=O) groups excluding carboxylic acids is 1. The molecule has 1 saturated heterocycles. The molecular formula is C12H15IN2O. The minimum atomic E-state index is 0.121. The van der Waals surface area contributed by atoms with Crippen LogP contribution in [0.1, 0.15) is 12.0 Å². The smallest absolute Gasteiger partial charge is 0.224 e. The normalized spacial score (nSPS) is 15.6. The van der Waals surface area contributed by atoms with Gasteiger partial charge in [0, 0.05) is 15.7 Å². The van der Waals surface area contributed by atoms with Crippen LogP contribution in [0.25, 0.3) is 0 Å². The number of aryl methyl sites for hydroxylation is 1. The van der Waals surface area contributed by atoms with Crippen molar-refractivity contribution in [3.05, 3.63) is 27.3 Å². The van der Waals surface area contributed by atoms with Crippen LogP contribution in [0.15, 0.2) is 18.2 Å². The monoisotopic (exact) mass is 330 g/mol. The summed E-state index contributed by atoms with van der Waals surface area (Å²) in [6.07, 6.45) is 0.623.